The van der Waals surface area contributed by atoms with E-state index < -0.39 is 23.6 Å². The molecule has 0 aliphatic carbocycles. The number of carbonyl (C=O) groups excluding carboxylic acids is 2. The lowest BCUT2D eigenvalue weighted by atomic mass is 10.2. The van der Waals surface area contributed by atoms with Gasteiger partial charge in [0.1, 0.15) is 10.7 Å². The van der Waals surface area contributed by atoms with Crippen LogP contribution in [0.5, 0.6) is 0 Å². The molecule has 9 heteroatoms. The van der Waals surface area contributed by atoms with Gasteiger partial charge in [-0.25, -0.2) is 4.90 Å². The van der Waals surface area contributed by atoms with E-state index in [1.165, 1.54) is 6.07 Å². The summed E-state index contributed by atoms with van der Waals surface area (Å²) in [5.41, 5.74) is 0.0383. The molecule has 0 atom stereocenters. The fourth-order valence-electron chi connectivity index (χ4n) is 2.57. The van der Waals surface area contributed by atoms with E-state index in [-0.39, 0.29) is 16.4 Å². The molecule has 0 fully saturated rings. The first-order valence-corrected chi connectivity index (χ1v) is 9.04. The lowest BCUT2D eigenvalue weighted by molar-refractivity contribution is -0.137. The minimum Gasteiger partial charge on any atom is -0.349 e. The Morgan fingerprint density at radius 3 is 2.41 bits per heavy atom. The van der Waals surface area contributed by atoms with Crippen LogP contribution in [0.15, 0.2) is 53.2 Å². The third-order valence-electron chi connectivity index (χ3n) is 3.91. The van der Waals surface area contributed by atoms with Crippen LogP contribution in [0.2, 0.25) is 0 Å². The molecule has 27 heavy (non-hydrogen) atoms. The van der Waals surface area contributed by atoms with Crippen molar-refractivity contribution < 1.29 is 22.8 Å². The zero-order chi connectivity index (χ0) is 19.9. The molecule has 0 spiro atoms. The number of rotatable bonds is 3. The number of aryl methyl sites for hydroxylation is 1. The maximum absolute atomic E-state index is 12.9. The van der Waals surface area contributed by atoms with Crippen LogP contribution in [0.1, 0.15) is 11.1 Å². The Hall–Kier alpha value is -2.07. The highest BCUT2D eigenvalue weighted by Crippen LogP contribution is 2.35. The Morgan fingerprint density at radius 1 is 1.07 bits per heavy atom. The molecule has 2 aromatic carbocycles. The van der Waals surface area contributed by atoms with Gasteiger partial charge in [0.15, 0.2) is 0 Å². The van der Waals surface area contributed by atoms with Gasteiger partial charge >= 0.3 is 6.18 Å². The lowest BCUT2D eigenvalue weighted by Crippen LogP contribution is -2.32. The van der Waals surface area contributed by atoms with Gasteiger partial charge in [-0.15, -0.1) is 0 Å². The number of benzene rings is 2. The fourth-order valence-corrected chi connectivity index (χ4v) is 3.43. The maximum atomic E-state index is 12.9. The van der Waals surface area contributed by atoms with Crippen LogP contribution in [0.4, 0.5) is 24.5 Å². The third kappa shape index (κ3) is 3.81. The number of hydrogen-bond donors (Lipinski definition) is 1. The highest BCUT2D eigenvalue weighted by molar-refractivity contribution is 14.1. The van der Waals surface area contributed by atoms with Crippen molar-refractivity contribution in [1.82, 2.24) is 0 Å². The van der Waals surface area contributed by atoms with E-state index in [1.54, 1.807) is 12.1 Å². The van der Waals surface area contributed by atoms with Gasteiger partial charge < -0.3 is 5.32 Å². The van der Waals surface area contributed by atoms with Crippen molar-refractivity contribution >= 4 is 57.4 Å². The number of anilines is 2. The number of halogens is 5. The smallest absolute Gasteiger partial charge is 0.349 e. The van der Waals surface area contributed by atoms with E-state index in [0.29, 0.717) is 10.6 Å². The Labute approximate surface area is 171 Å². The number of nitrogens with zero attached hydrogens (tertiary/aromatic N) is 1. The summed E-state index contributed by atoms with van der Waals surface area (Å²) in [6, 6.07) is 9.35. The summed E-state index contributed by atoms with van der Waals surface area (Å²) in [6.07, 6.45) is -4.60. The highest BCUT2D eigenvalue weighted by atomic mass is 127. The second-order valence-electron chi connectivity index (χ2n) is 5.77. The first kappa shape index (κ1) is 19.7. The predicted octanol–water partition coefficient (Wildman–Crippen LogP) is 5.05. The highest BCUT2D eigenvalue weighted by Gasteiger charge is 2.40. The molecule has 140 valence electrons. The van der Waals surface area contributed by atoms with Gasteiger partial charge in [-0.2, -0.15) is 13.2 Å². The molecule has 0 saturated carbocycles. The second-order valence-corrected chi connectivity index (χ2v) is 7.39. The third-order valence-corrected chi connectivity index (χ3v) is 4.93. The van der Waals surface area contributed by atoms with Crippen LogP contribution in [-0.4, -0.2) is 11.8 Å². The standard InChI is InChI=1S/C18H11ClF3IN2O2/c1-9-7-11(23)5-6-13(9)24-15-14(19)16(26)25(17(15)27)12-4-2-3-10(8-12)18(20,21)22/h2-8,24H,1H3. The molecular formula is C18H11ClF3IN2O2. The van der Waals surface area contributed by atoms with Crippen molar-refractivity contribution in [1.29, 1.82) is 0 Å². The summed E-state index contributed by atoms with van der Waals surface area (Å²) in [4.78, 5) is 25.7. The summed E-state index contributed by atoms with van der Waals surface area (Å²) in [6.45, 7) is 1.81. The summed E-state index contributed by atoms with van der Waals surface area (Å²) in [7, 11) is 0. The van der Waals surface area contributed by atoms with E-state index in [2.05, 4.69) is 27.9 Å². The molecule has 0 bridgehead atoms. The van der Waals surface area contributed by atoms with Gasteiger partial charge in [-0.05, 0) is 71.5 Å². The van der Waals surface area contributed by atoms with Crippen molar-refractivity contribution in [2.45, 2.75) is 13.1 Å². The summed E-state index contributed by atoms with van der Waals surface area (Å²) in [5, 5.41) is 2.44. The van der Waals surface area contributed by atoms with Crippen LogP contribution in [0.25, 0.3) is 0 Å². The summed E-state index contributed by atoms with van der Waals surface area (Å²) in [5.74, 6) is -1.70. The van der Waals surface area contributed by atoms with Crippen molar-refractivity contribution in [2.24, 2.45) is 0 Å². The van der Waals surface area contributed by atoms with Gasteiger partial charge in [0.05, 0.1) is 11.3 Å². The molecule has 3 rings (SSSR count). The van der Waals surface area contributed by atoms with Gasteiger partial charge in [-0.3, -0.25) is 9.59 Å². The maximum Gasteiger partial charge on any atom is 0.416 e. The molecule has 2 aromatic rings. The molecule has 0 saturated heterocycles. The van der Waals surface area contributed by atoms with Gasteiger partial charge in [0.25, 0.3) is 11.8 Å². The number of carbonyl (C=O) groups is 2. The molecule has 0 unspecified atom stereocenters. The van der Waals surface area contributed by atoms with Crippen molar-refractivity contribution in [2.75, 3.05) is 10.2 Å². The van der Waals surface area contributed by atoms with Crippen molar-refractivity contribution in [3.63, 3.8) is 0 Å². The van der Waals surface area contributed by atoms with Crippen LogP contribution >= 0.6 is 34.2 Å². The average molecular weight is 507 g/mol. The molecule has 1 heterocycles. The Kier molecular flexibility index (Phi) is 5.22. The normalized spacial score (nSPS) is 15.0. The van der Waals surface area contributed by atoms with Crippen molar-refractivity contribution in [3.8, 4) is 0 Å². The first-order chi connectivity index (χ1) is 12.6. The van der Waals surface area contributed by atoms with Gasteiger partial charge in [0.2, 0.25) is 0 Å². The number of hydrogen-bond acceptors (Lipinski definition) is 3. The number of alkyl halides is 3. The van der Waals surface area contributed by atoms with Crippen LogP contribution in [0, 0.1) is 10.5 Å². The second kappa shape index (κ2) is 7.16. The molecule has 0 aromatic heterocycles. The fraction of sp³-hybridized carbons (Fsp3) is 0.111. The SMILES string of the molecule is Cc1cc(I)ccc1NC1=C(Cl)C(=O)N(c2cccc(C(F)(F)F)c2)C1=O. The zero-order valence-corrected chi connectivity index (χ0v) is 16.6. The van der Waals surface area contributed by atoms with Gasteiger partial charge in [-0.1, -0.05) is 17.7 Å². The molecule has 2 amide bonds. The Balaban J connectivity index is 1.95. The summed E-state index contributed by atoms with van der Waals surface area (Å²) < 4.78 is 39.8. The van der Waals surface area contributed by atoms with Crippen molar-refractivity contribution in [3.05, 3.63) is 67.9 Å². The zero-order valence-electron chi connectivity index (χ0n) is 13.7. The van der Waals surface area contributed by atoms with E-state index in [1.807, 2.05) is 13.0 Å². The van der Waals surface area contributed by atoms with E-state index in [9.17, 15) is 22.8 Å². The predicted molar refractivity (Wildman–Crippen MR) is 104 cm³/mol. The Bertz CT molecular complexity index is 989. The topological polar surface area (TPSA) is 49.4 Å². The number of imide groups is 1. The monoisotopic (exact) mass is 506 g/mol. The van der Waals surface area contributed by atoms with Crippen LogP contribution in [0.3, 0.4) is 0 Å². The average Bonchev–Trinajstić information content (AvgIpc) is 2.80. The van der Waals surface area contributed by atoms with E-state index in [0.717, 1.165) is 27.3 Å². The van der Waals surface area contributed by atoms with Crippen LogP contribution < -0.4 is 10.2 Å². The van der Waals surface area contributed by atoms with E-state index in [4.69, 9.17) is 11.6 Å². The molecular weight excluding hydrogens is 496 g/mol. The summed E-state index contributed by atoms with van der Waals surface area (Å²) >= 11 is 8.14. The quantitative estimate of drug-likeness (QED) is 0.468. The minimum absolute atomic E-state index is 0.177. The number of amides is 2. The van der Waals surface area contributed by atoms with E-state index >= 15 is 0 Å². The number of nitrogens with one attached hydrogen (secondary N) is 1. The minimum atomic E-state index is -4.60. The molecule has 0 radical (unpaired) electrons. The molecule has 1 N–H and O–H groups in total. The molecule has 1 aliphatic rings. The lowest BCUT2D eigenvalue weighted by Gasteiger charge is -2.17. The van der Waals surface area contributed by atoms with Crippen LogP contribution in [-0.2, 0) is 15.8 Å². The first-order valence-electron chi connectivity index (χ1n) is 7.58. The largest absolute Gasteiger partial charge is 0.416 e. The van der Waals surface area contributed by atoms with Gasteiger partial charge in [0, 0.05) is 9.26 Å². The Morgan fingerprint density at radius 2 is 1.78 bits per heavy atom. The molecule has 4 nitrogen and oxygen atoms in total. The molecule has 1 aliphatic heterocycles.